The number of hydrogen-bond acceptors (Lipinski definition) is 4. The van der Waals surface area contributed by atoms with Crippen LogP contribution in [0.4, 0.5) is 9.59 Å². The molecule has 162 valence electrons. The average molecular weight is 415 g/mol. The van der Waals surface area contributed by atoms with Gasteiger partial charge >= 0.3 is 12.1 Å². The summed E-state index contributed by atoms with van der Waals surface area (Å²) in [6.45, 7) is 0.319. The fourth-order valence-electron chi connectivity index (χ4n) is 5.78. The molecule has 4 amide bonds. The van der Waals surface area contributed by atoms with Gasteiger partial charge in [0.2, 0.25) is 5.91 Å². The first-order chi connectivity index (χ1) is 14.5. The van der Waals surface area contributed by atoms with Crippen molar-refractivity contribution in [2.75, 3.05) is 6.54 Å². The third kappa shape index (κ3) is 5.23. The van der Waals surface area contributed by atoms with Gasteiger partial charge in [-0.25, -0.2) is 15.0 Å². The highest BCUT2D eigenvalue weighted by atomic mass is 16.6. The number of carbonyl (C=O) groups is 3. The predicted octanol–water partition coefficient (Wildman–Crippen LogP) is 2.60. The van der Waals surface area contributed by atoms with Crippen LogP contribution in [-0.2, 0) is 16.1 Å². The number of hydrazine groups is 1. The smallest absolute Gasteiger partial charge is 0.426 e. The summed E-state index contributed by atoms with van der Waals surface area (Å²) in [6, 6.07) is 9.05. The molecule has 8 heteroatoms. The van der Waals surface area contributed by atoms with E-state index in [0.29, 0.717) is 0 Å². The van der Waals surface area contributed by atoms with Gasteiger partial charge in [-0.15, -0.1) is 0 Å². The lowest BCUT2D eigenvalue weighted by Crippen LogP contribution is -2.61. The Morgan fingerprint density at radius 1 is 0.933 bits per heavy atom. The number of amides is 4. The molecule has 0 spiro atoms. The second-order valence-corrected chi connectivity index (χ2v) is 9.06. The van der Waals surface area contributed by atoms with Gasteiger partial charge in [0.1, 0.15) is 6.61 Å². The molecule has 4 fully saturated rings. The molecule has 0 radical (unpaired) electrons. The van der Waals surface area contributed by atoms with Crippen LogP contribution in [0.15, 0.2) is 30.3 Å². The van der Waals surface area contributed by atoms with E-state index < -0.39 is 12.0 Å². The third-order valence-corrected chi connectivity index (χ3v) is 6.57. The lowest BCUT2D eigenvalue weighted by Gasteiger charge is -2.56. The molecular formula is C22H30N4O4. The van der Waals surface area contributed by atoms with Gasteiger partial charge in [-0.2, -0.15) is 0 Å². The SMILES string of the molecule is O=C(CCNC(=O)NC12CC3CC(CC(C3)C1)C2)NNC(=O)OCc1ccccc1. The molecule has 0 atom stereocenters. The Kier molecular flexibility index (Phi) is 6.11. The van der Waals surface area contributed by atoms with Crippen LogP contribution in [0.2, 0.25) is 0 Å². The van der Waals surface area contributed by atoms with Crippen molar-refractivity contribution in [1.82, 2.24) is 21.5 Å². The van der Waals surface area contributed by atoms with Gasteiger partial charge in [-0.05, 0) is 61.8 Å². The monoisotopic (exact) mass is 414 g/mol. The Labute approximate surface area is 176 Å². The topological polar surface area (TPSA) is 109 Å². The highest BCUT2D eigenvalue weighted by molar-refractivity contribution is 5.80. The Bertz CT molecular complexity index is 747. The van der Waals surface area contributed by atoms with Gasteiger partial charge in [0, 0.05) is 18.5 Å². The number of carbonyl (C=O) groups excluding carboxylic acids is 3. The minimum atomic E-state index is -0.736. The van der Waals surface area contributed by atoms with E-state index in [2.05, 4.69) is 21.5 Å². The fraction of sp³-hybridized carbons (Fsp3) is 0.591. The van der Waals surface area contributed by atoms with Crippen molar-refractivity contribution in [2.45, 2.75) is 57.1 Å². The van der Waals surface area contributed by atoms with Crippen molar-refractivity contribution in [3.63, 3.8) is 0 Å². The zero-order chi connectivity index (χ0) is 21.0. The maximum absolute atomic E-state index is 12.4. The molecule has 0 aliphatic heterocycles. The molecule has 0 heterocycles. The van der Waals surface area contributed by atoms with Crippen molar-refractivity contribution in [3.8, 4) is 0 Å². The van der Waals surface area contributed by atoms with E-state index in [4.69, 9.17) is 4.74 Å². The Balaban J connectivity index is 1.10. The molecular weight excluding hydrogens is 384 g/mol. The van der Waals surface area contributed by atoms with Crippen LogP contribution in [0.3, 0.4) is 0 Å². The van der Waals surface area contributed by atoms with E-state index in [0.717, 1.165) is 42.6 Å². The summed E-state index contributed by atoms with van der Waals surface area (Å²) < 4.78 is 5.01. The average Bonchev–Trinajstić information content (AvgIpc) is 2.70. The Hall–Kier alpha value is -2.77. The second kappa shape index (κ2) is 8.93. The zero-order valence-electron chi connectivity index (χ0n) is 17.1. The van der Waals surface area contributed by atoms with Gasteiger partial charge in [0.25, 0.3) is 0 Å². The summed E-state index contributed by atoms with van der Waals surface area (Å²) in [5.74, 6) is 1.88. The maximum atomic E-state index is 12.4. The summed E-state index contributed by atoms with van der Waals surface area (Å²) in [5.41, 5.74) is 5.29. The van der Waals surface area contributed by atoms with E-state index in [1.807, 2.05) is 30.3 Å². The first-order valence-electron chi connectivity index (χ1n) is 10.8. The summed E-state index contributed by atoms with van der Waals surface area (Å²) >= 11 is 0. The Morgan fingerprint density at radius 3 is 2.20 bits per heavy atom. The molecule has 4 aliphatic carbocycles. The van der Waals surface area contributed by atoms with Crippen LogP contribution in [0.5, 0.6) is 0 Å². The van der Waals surface area contributed by atoms with Crippen molar-refractivity contribution >= 4 is 18.0 Å². The molecule has 30 heavy (non-hydrogen) atoms. The number of urea groups is 1. The molecule has 4 bridgehead atoms. The number of nitrogens with one attached hydrogen (secondary N) is 4. The maximum Gasteiger partial charge on any atom is 0.426 e. The van der Waals surface area contributed by atoms with Crippen LogP contribution < -0.4 is 21.5 Å². The molecule has 8 nitrogen and oxygen atoms in total. The zero-order valence-corrected chi connectivity index (χ0v) is 17.1. The van der Waals surface area contributed by atoms with Gasteiger partial charge in [-0.1, -0.05) is 30.3 Å². The molecule has 4 N–H and O–H groups in total. The molecule has 0 saturated heterocycles. The van der Waals surface area contributed by atoms with E-state index in [9.17, 15) is 14.4 Å². The number of hydrogen-bond donors (Lipinski definition) is 4. The van der Waals surface area contributed by atoms with Gasteiger partial charge in [-0.3, -0.25) is 10.2 Å². The summed E-state index contributed by atoms with van der Waals surface area (Å²) in [5, 5.41) is 5.98. The molecule has 0 aromatic heterocycles. The molecule has 0 unspecified atom stereocenters. The van der Waals surface area contributed by atoms with Gasteiger partial charge < -0.3 is 15.4 Å². The number of benzene rings is 1. The second-order valence-electron chi connectivity index (χ2n) is 9.06. The number of rotatable bonds is 6. The number of ether oxygens (including phenoxy) is 1. The minimum absolute atomic E-state index is 0.0504. The molecule has 1 aromatic carbocycles. The molecule has 4 saturated carbocycles. The lowest BCUT2D eigenvalue weighted by atomic mass is 9.53. The van der Waals surface area contributed by atoms with Crippen molar-refractivity contribution < 1.29 is 19.1 Å². The van der Waals surface area contributed by atoms with Crippen LogP contribution in [0.25, 0.3) is 0 Å². The van der Waals surface area contributed by atoms with Gasteiger partial charge in [0.05, 0.1) is 0 Å². The molecule has 4 aliphatic rings. The third-order valence-electron chi connectivity index (χ3n) is 6.57. The quantitative estimate of drug-likeness (QED) is 0.537. The molecule has 1 aromatic rings. The van der Waals surface area contributed by atoms with E-state index in [1.165, 1.54) is 19.3 Å². The first kappa shape index (κ1) is 20.5. The highest BCUT2D eigenvalue weighted by Gasteiger charge is 2.51. The van der Waals surface area contributed by atoms with E-state index in [1.54, 1.807) is 0 Å². The summed E-state index contributed by atoms with van der Waals surface area (Å²) in [6.07, 6.45) is 6.55. The van der Waals surface area contributed by atoms with Crippen LogP contribution in [-0.4, -0.2) is 30.1 Å². The van der Waals surface area contributed by atoms with E-state index in [-0.39, 0.29) is 31.1 Å². The van der Waals surface area contributed by atoms with E-state index >= 15 is 0 Å². The van der Waals surface area contributed by atoms with Crippen molar-refractivity contribution in [1.29, 1.82) is 0 Å². The van der Waals surface area contributed by atoms with Crippen molar-refractivity contribution in [3.05, 3.63) is 35.9 Å². The van der Waals surface area contributed by atoms with Crippen LogP contribution >= 0.6 is 0 Å². The van der Waals surface area contributed by atoms with Gasteiger partial charge in [0.15, 0.2) is 0 Å². The fourth-order valence-corrected chi connectivity index (χ4v) is 5.78. The predicted molar refractivity (Wildman–Crippen MR) is 110 cm³/mol. The van der Waals surface area contributed by atoms with Crippen LogP contribution in [0.1, 0.15) is 50.5 Å². The normalized spacial score (nSPS) is 28.5. The Morgan fingerprint density at radius 2 is 1.57 bits per heavy atom. The summed E-state index contributed by atoms with van der Waals surface area (Å²) in [4.78, 5) is 35.8. The highest BCUT2D eigenvalue weighted by Crippen LogP contribution is 2.55. The lowest BCUT2D eigenvalue weighted by molar-refractivity contribution is -0.121. The molecule has 5 rings (SSSR count). The summed E-state index contributed by atoms with van der Waals surface area (Å²) in [7, 11) is 0. The van der Waals surface area contributed by atoms with Crippen molar-refractivity contribution in [2.24, 2.45) is 17.8 Å². The van der Waals surface area contributed by atoms with Crippen LogP contribution in [0, 0.1) is 17.8 Å². The standard InChI is InChI=1S/C22H30N4O4/c27-19(25-26-21(29)30-14-15-4-2-1-3-5-15)6-7-23-20(28)24-22-11-16-8-17(12-22)10-18(9-16)13-22/h1-5,16-18H,6-14H2,(H,25,27)(H,26,29)(H2,23,24,28). The first-order valence-corrected chi connectivity index (χ1v) is 10.8. The largest absolute Gasteiger partial charge is 0.443 e. The minimum Gasteiger partial charge on any atom is -0.443 e.